The monoisotopic (exact) mass is 447 g/mol. The Bertz CT molecular complexity index is 958. The van der Waals surface area contributed by atoms with Gasteiger partial charge in [0.25, 0.3) is 6.43 Å². The highest BCUT2D eigenvalue weighted by Gasteiger charge is 2.43. The molecular weight excluding hydrogens is 429 g/mol. The highest BCUT2D eigenvalue weighted by atomic mass is 19.4. The largest absolute Gasteiger partial charge is 0.497 e. The maximum Gasteiger partial charge on any atom is 0.434 e. The zero-order chi connectivity index (χ0) is 23.3. The van der Waals surface area contributed by atoms with Gasteiger partial charge in [-0.25, -0.2) is 23.4 Å². The highest BCUT2D eigenvalue weighted by molar-refractivity contribution is 6.07. The van der Waals surface area contributed by atoms with Crippen molar-refractivity contribution in [3.63, 3.8) is 0 Å². The van der Waals surface area contributed by atoms with Crippen molar-refractivity contribution in [2.24, 2.45) is 0 Å². The van der Waals surface area contributed by atoms with E-state index < -0.39 is 52.6 Å². The second kappa shape index (κ2) is 9.71. The second-order valence-electron chi connectivity index (χ2n) is 5.94. The van der Waals surface area contributed by atoms with Gasteiger partial charge in [-0.05, 0) is 31.5 Å². The third-order valence-electron chi connectivity index (χ3n) is 4.04. The summed E-state index contributed by atoms with van der Waals surface area (Å²) in [5.41, 5.74) is -6.30. The van der Waals surface area contributed by atoms with Crippen LogP contribution >= 0.6 is 0 Å². The SMILES string of the molecule is CCOC(=O)c1c(C(F)F)nc(C(F)(F)F)c(C(=O)OCC)c1-c1ccc(OC)cc1. The van der Waals surface area contributed by atoms with Crippen LogP contribution in [0.3, 0.4) is 0 Å². The Balaban J connectivity index is 3.07. The summed E-state index contributed by atoms with van der Waals surface area (Å²) in [4.78, 5) is 28.0. The predicted molar refractivity (Wildman–Crippen MR) is 98.1 cm³/mol. The van der Waals surface area contributed by atoms with Crippen molar-refractivity contribution in [3.8, 4) is 16.9 Å². The molecule has 0 fully saturated rings. The Hall–Kier alpha value is -3.24. The normalized spacial score (nSPS) is 11.4. The molecule has 0 spiro atoms. The van der Waals surface area contributed by atoms with E-state index in [1.165, 1.54) is 45.2 Å². The molecule has 2 aromatic rings. The first kappa shape index (κ1) is 24.0. The summed E-state index contributed by atoms with van der Waals surface area (Å²) in [7, 11) is 1.34. The molecule has 2 rings (SSSR count). The molecule has 1 aromatic heterocycles. The number of benzene rings is 1. The number of halogens is 5. The number of ether oxygens (including phenoxy) is 3. The molecule has 0 atom stereocenters. The van der Waals surface area contributed by atoms with Gasteiger partial charge in [-0.1, -0.05) is 12.1 Å². The average Bonchev–Trinajstić information content (AvgIpc) is 2.71. The van der Waals surface area contributed by atoms with Gasteiger partial charge in [0.2, 0.25) is 0 Å². The number of esters is 2. The van der Waals surface area contributed by atoms with Crippen LogP contribution in [0.5, 0.6) is 5.75 Å². The lowest BCUT2D eigenvalue weighted by atomic mass is 9.91. The van der Waals surface area contributed by atoms with Crippen LogP contribution in [0.25, 0.3) is 11.1 Å². The highest BCUT2D eigenvalue weighted by Crippen LogP contribution is 2.41. The van der Waals surface area contributed by atoms with Crippen LogP contribution in [0, 0.1) is 0 Å². The molecule has 168 valence electrons. The van der Waals surface area contributed by atoms with Crippen molar-refractivity contribution in [2.45, 2.75) is 26.4 Å². The summed E-state index contributed by atoms with van der Waals surface area (Å²) in [6, 6.07) is 5.09. The van der Waals surface area contributed by atoms with Crippen molar-refractivity contribution < 1.29 is 45.8 Å². The van der Waals surface area contributed by atoms with E-state index >= 15 is 0 Å². The number of aromatic nitrogens is 1. The Morgan fingerprint density at radius 1 is 0.968 bits per heavy atom. The van der Waals surface area contributed by atoms with Gasteiger partial charge in [0.1, 0.15) is 11.4 Å². The molecule has 0 N–H and O–H groups in total. The molecule has 0 saturated heterocycles. The summed E-state index contributed by atoms with van der Waals surface area (Å²) in [6.45, 7) is 2.19. The van der Waals surface area contributed by atoms with Crippen LogP contribution < -0.4 is 4.74 Å². The molecule has 1 heterocycles. The molecule has 0 aliphatic rings. The van der Waals surface area contributed by atoms with E-state index in [1.807, 2.05) is 0 Å². The fourth-order valence-corrected chi connectivity index (χ4v) is 2.83. The van der Waals surface area contributed by atoms with Crippen molar-refractivity contribution in [2.75, 3.05) is 20.3 Å². The summed E-state index contributed by atoms with van der Waals surface area (Å²) in [5, 5.41) is 0. The molecule has 0 amide bonds. The predicted octanol–water partition coefficient (Wildman–Crippen LogP) is 5.07. The topological polar surface area (TPSA) is 74.7 Å². The number of hydrogen-bond acceptors (Lipinski definition) is 6. The zero-order valence-electron chi connectivity index (χ0n) is 16.7. The first-order valence-corrected chi connectivity index (χ1v) is 8.98. The van der Waals surface area contributed by atoms with E-state index in [2.05, 4.69) is 4.98 Å². The van der Waals surface area contributed by atoms with Crippen LogP contribution in [0.1, 0.15) is 52.4 Å². The summed E-state index contributed by atoms with van der Waals surface area (Å²) in [6.07, 6.45) is -8.85. The fraction of sp³-hybridized carbons (Fsp3) is 0.350. The quantitative estimate of drug-likeness (QED) is 0.436. The second-order valence-corrected chi connectivity index (χ2v) is 5.94. The van der Waals surface area contributed by atoms with Gasteiger partial charge in [-0.3, -0.25) is 0 Å². The number of nitrogens with zero attached hydrogens (tertiary/aromatic N) is 1. The Morgan fingerprint density at radius 3 is 1.90 bits per heavy atom. The maximum atomic E-state index is 13.7. The van der Waals surface area contributed by atoms with Crippen LogP contribution in [0.4, 0.5) is 22.0 Å². The standard InChI is InChI=1S/C20H18F5NO5/c1-4-30-18(27)13-12(10-6-8-11(29-3)9-7-10)14(19(28)31-5-2)16(20(23,24)25)26-15(13)17(21)22/h6-9,17H,4-5H2,1-3H3. The lowest BCUT2D eigenvalue weighted by Gasteiger charge is -2.21. The van der Waals surface area contributed by atoms with Crippen molar-refractivity contribution in [1.29, 1.82) is 0 Å². The number of pyridine rings is 1. The summed E-state index contributed by atoms with van der Waals surface area (Å²) >= 11 is 0. The van der Waals surface area contributed by atoms with Gasteiger partial charge in [-0.2, -0.15) is 13.2 Å². The molecule has 1 aromatic carbocycles. The molecule has 0 aliphatic heterocycles. The maximum absolute atomic E-state index is 13.7. The number of hydrogen-bond donors (Lipinski definition) is 0. The van der Waals surface area contributed by atoms with Gasteiger partial charge >= 0.3 is 18.1 Å². The molecule has 0 aliphatic carbocycles. The third kappa shape index (κ3) is 5.09. The Labute approximate surface area is 173 Å². The van der Waals surface area contributed by atoms with Gasteiger partial charge in [0.15, 0.2) is 5.69 Å². The number of methoxy groups -OCH3 is 1. The van der Waals surface area contributed by atoms with E-state index in [0.29, 0.717) is 5.75 Å². The number of carbonyl (C=O) groups is 2. The lowest BCUT2D eigenvalue weighted by Crippen LogP contribution is -2.24. The van der Waals surface area contributed by atoms with Crippen LogP contribution in [0.2, 0.25) is 0 Å². The Morgan fingerprint density at radius 2 is 1.48 bits per heavy atom. The number of carbonyl (C=O) groups excluding carboxylic acids is 2. The number of alkyl halides is 5. The van der Waals surface area contributed by atoms with E-state index in [-0.39, 0.29) is 18.8 Å². The molecule has 6 nitrogen and oxygen atoms in total. The molecule has 0 radical (unpaired) electrons. The van der Waals surface area contributed by atoms with E-state index in [1.54, 1.807) is 0 Å². The van der Waals surface area contributed by atoms with Crippen molar-refractivity contribution >= 4 is 11.9 Å². The molecule has 11 heteroatoms. The first-order chi connectivity index (χ1) is 14.6. The zero-order valence-corrected chi connectivity index (χ0v) is 16.7. The molecular formula is C20H18F5NO5. The van der Waals surface area contributed by atoms with E-state index in [9.17, 15) is 31.5 Å². The minimum atomic E-state index is -5.29. The molecule has 0 saturated carbocycles. The first-order valence-electron chi connectivity index (χ1n) is 8.98. The third-order valence-corrected chi connectivity index (χ3v) is 4.04. The van der Waals surface area contributed by atoms with E-state index in [0.717, 1.165) is 0 Å². The van der Waals surface area contributed by atoms with Gasteiger partial charge in [-0.15, -0.1) is 0 Å². The van der Waals surface area contributed by atoms with Gasteiger partial charge in [0.05, 0.1) is 31.5 Å². The Kier molecular flexibility index (Phi) is 7.53. The van der Waals surface area contributed by atoms with Gasteiger partial charge in [0, 0.05) is 5.56 Å². The minimum absolute atomic E-state index is 0.137. The molecule has 0 bridgehead atoms. The van der Waals surface area contributed by atoms with Crippen LogP contribution in [-0.4, -0.2) is 37.2 Å². The summed E-state index contributed by atoms with van der Waals surface area (Å²) in [5.74, 6) is -2.52. The lowest BCUT2D eigenvalue weighted by molar-refractivity contribution is -0.142. The van der Waals surface area contributed by atoms with Crippen molar-refractivity contribution in [1.82, 2.24) is 4.98 Å². The molecule has 31 heavy (non-hydrogen) atoms. The van der Waals surface area contributed by atoms with Crippen LogP contribution in [0.15, 0.2) is 24.3 Å². The average molecular weight is 447 g/mol. The minimum Gasteiger partial charge on any atom is -0.497 e. The van der Waals surface area contributed by atoms with Crippen LogP contribution in [-0.2, 0) is 15.7 Å². The number of rotatable bonds is 7. The van der Waals surface area contributed by atoms with Gasteiger partial charge < -0.3 is 14.2 Å². The molecule has 0 unspecified atom stereocenters. The van der Waals surface area contributed by atoms with E-state index in [4.69, 9.17) is 14.2 Å². The van der Waals surface area contributed by atoms with Crippen molar-refractivity contribution in [3.05, 3.63) is 46.8 Å². The fourth-order valence-electron chi connectivity index (χ4n) is 2.83. The smallest absolute Gasteiger partial charge is 0.434 e. The summed E-state index contributed by atoms with van der Waals surface area (Å²) < 4.78 is 83.1.